The Bertz CT molecular complexity index is 607. The number of hydrogen-bond donors (Lipinski definition) is 1. The topological polar surface area (TPSA) is 42.2 Å². The van der Waals surface area contributed by atoms with E-state index in [4.69, 9.17) is 16.0 Å². The second-order valence-corrected chi connectivity index (χ2v) is 6.10. The van der Waals surface area contributed by atoms with Crippen molar-refractivity contribution in [1.82, 2.24) is 5.32 Å². The first-order chi connectivity index (χ1) is 9.74. The maximum atomic E-state index is 12.2. The number of benzene rings is 1. The lowest BCUT2D eigenvalue weighted by atomic mass is 9.89. The fraction of sp³-hybridized carbons (Fsp3) is 0.438. The lowest BCUT2D eigenvalue weighted by Gasteiger charge is -2.25. The van der Waals surface area contributed by atoms with Crippen LogP contribution in [0.2, 0.25) is 0 Å². The zero-order valence-corrected chi connectivity index (χ0v) is 12.0. The lowest BCUT2D eigenvalue weighted by Crippen LogP contribution is -2.31. The highest BCUT2D eigenvalue weighted by Gasteiger charge is 2.21. The van der Waals surface area contributed by atoms with E-state index in [1.807, 2.05) is 24.3 Å². The number of hydrogen-bond acceptors (Lipinski definition) is 2. The summed E-state index contributed by atoms with van der Waals surface area (Å²) in [5, 5.41) is 4.14. The van der Waals surface area contributed by atoms with Gasteiger partial charge >= 0.3 is 0 Å². The van der Waals surface area contributed by atoms with E-state index in [-0.39, 0.29) is 11.3 Å². The Hall–Kier alpha value is -1.48. The smallest absolute Gasteiger partial charge is 0.255 e. The second-order valence-electron chi connectivity index (χ2n) is 5.49. The first-order valence-electron chi connectivity index (χ1n) is 7.12. The number of nitrogens with one attached hydrogen (secondary N) is 1. The third kappa shape index (κ3) is 2.83. The minimum atomic E-state index is -0.0633. The first kappa shape index (κ1) is 13.5. The van der Waals surface area contributed by atoms with Gasteiger partial charge in [-0.2, -0.15) is 0 Å². The van der Waals surface area contributed by atoms with Gasteiger partial charge in [-0.15, -0.1) is 11.6 Å². The molecule has 106 valence electrons. The molecule has 1 aromatic carbocycles. The van der Waals surface area contributed by atoms with E-state index in [2.05, 4.69) is 5.32 Å². The average Bonchev–Trinajstić information content (AvgIpc) is 2.89. The van der Waals surface area contributed by atoms with E-state index in [0.29, 0.717) is 18.0 Å². The van der Waals surface area contributed by atoms with E-state index in [1.165, 1.54) is 6.26 Å². The predicted molar refractivity (Wildman–Crippen MR) is 80.1 cm³/mol. The molecule has 1 aromatic heterocycles. The summed E-state index contributed by atoms with van der Waals surface area (Å²) in [4.78, 5) is 12.2. The Morgan fingerprint density at radius 2 is 2.20 bits per heavy atom. The highest BCUT2D eigenvalue weighted by molar-refractivity contribution is 6.20. The van der Waals surface area contributed by atoms with Gasteiger partial charge in [0.15, 0.2) is 0 Å². The third-order valence-electron chi connectivity index (χ3n) is 4.00. The van der Waals surface area contributed by atoms with Crippen LogP contribution in [0.25, 0.3) is 11.0 Å². The van der Waals surface area contributed by atoms with Crippen LogP contribution in [0.15, 0.2) is 34.9 Å². The predicted octanol–water partition coefficient (Wildman–Crippen LogP) is 3.96. The molecule has 20 heavy (non-hydrogen) atoms. The molecule has 2 atom stereocenters. The fourth-order valence-corrected chi connectivity index (χ4v) is 3.30. The van der Waals surface area contributed by atoms with Crippen LogP contribution < -0.4 is 5.32 Å². The number of carbonyl (C=O) groups excluding carboxylic acids is 1. The van der Waals surface area contributed by atoms with Crippen LogP contribution in [0.1, 0.15) is 36.0 Å². The van der Waals surface area contributed by atoms with Gasteiger partial charge in [0.05, 0.1) is 5.56 Å². The average molecular weight is 292 g/mol. The number of amides is 1. The van der Waals surface area contributed by atoms with E-state index in [1.54, 1.807) is 0 Å². The quantitative estimate of drug-likeness (QED) is 0.870. The van der Waals surface area contributed by atoms with E-state index >= 15 is 0 Å². The SMILES string of the molecule is O=C(NCC1CCCC(Cl)C1)c1coc2ccccc12. The van der Waals surface area contributed by atoms with Crippen molar-refractivity contribution in [1.29, 1.82) is 0 Å². The maximum Gasteiger partial charge on any atom is 0.255 e. The van der Waals surface area contributed by atoms with Crippen LogP contribution >= 0.6 is 11.6 Å². The molecule has 1 aliphatic rings. The van der Waals surface area contributed by atoms with Gasteiger partial charge in [0.25, 0.3) is 5.91 Å². The molecule has 1 N–H and O–H groups in total. The summed E-state index contributed by atoms with van der Waals surface area (Å²) in [5.41, 5.74) is 1.36. The molecule has 0 radical (unpaired) electrons. The number of para-hydroxylation sites is 1. The molecule has 0 spiro atoms. The van der Waals surface area contributed by atoms with Crippen molar-refractivity contribution in [2.45, 2.75) is 31.1 Å². The third-order valence-corrected chi connectivity index (χ3v) is 4.39. The maximum absolute atomic E-state index is 12.2. The Kier molecular flexibility index (Phi) is 3.97. The molecule has 1 aliphatic carbocycles. The molecule has 3 rings (SSSR count). The van der Waals surface area contributed by atoms with Crippen molar-refractivity contribution < 1.29 is 9.21 Å². The molecule has 2 unspecified atom stereocenters. The normalized spacial score (nSPS) is 22.9. The summed E-state index contributed by atoms with van der Waals surface area (Å²) in [6, 6.07) is 7.58. The molecular formula is C16H18ClNO2. The number of halogens is 1. The fourth-order valence-electron chi connectivity index (χ4n) is 2.90. The Balaban J connectivity index is 1.64. The van der Waals surface area contributed by atoms with Crippen LogP contribution in [-0.2, 0) is 0 Å². The molecule has 0 aliphatic heterocycles. The highest BCUT2D eigenvalue weighted by Crippen LogP contribution is 2.27. The van der Waals surface area contributed by atoms with Crippen LogP contribution in [0, 0.1) is 5.92 Å². The van der Waals surface area contributed by atoms with Crippen molar-refractivity contribution >= 4 is 28.5 Å². The Morgan fingerprint density at radius 3 is 3.05 bits per heavy atom. The van der Waals surface area contributed by atoms with Gasteiger partial charge in [-0.25, -0.2) is 0 Å². The van der Waals surface area contributed by atoms with Crippen LogP contribution in [0.3, 0.4) is 0 Å². The molecule has 2 aromatic rings. The van der Waals surface area contributed by atoms with E-state index < -0.39 is 0 Å². The number of carbonyl (C=O) groups is 1. The summed E-state index contributed by atoms with van der Waals surface area (Å²) in [7, 11) is 0. The molecule has 3 nitrogen and oxygen atoms in total. The van der Waals surface area contributed by atoms with E-state index in [0.717, 1.165) is 36.7 Å². The zero-order valence-electron chi connectivity index (χ0n) is 11.3. The summed E-state index contributed by atoms with van der Waals surface area (Å²) in [5.74, 6) is 0.431. The molecule has 0 saturated heterocycles. The standard InChI is InChI=1S/C16H18ClNO2/c17-12-5-3-4-11(8-12)9-18-16(19)14-10-20-15-7-2-1-6-13(14)15/h1-2,6-7,10-12H,3-5,8-9H2,(H,18,19). The van der Waals surface area contributed by atoms with Crippen LogP contribution in [0.5, 0.6) is 0 Å². The zero-order chi connectivity index (χ0) is 13.9. The summed E-state index contributed by atoms with van der Waals surface area (Å²) in [6.07, 6.45) is 5.93. The molecular weight excluding hydrogens is 274 g/mol. The van der Waals surface area contributed by atoms with Gasteiger partial charge in [-0.1, -0.05) is 24.6 Å². The minimum Gasteiger partial charge on any atom is -0.463 e. The molecule has 4 heteroatoms. The van der Waals surface area contributed by atoms with Gasteiger partial charge in [-0.3, -0.25) is 4.79 Å². The van der Waals surface area contributed by atoms with Gasteiger partial charge in [0, 0.05) is 17.3 Å². The molecule has 1 amide bonds. The summed E-state index contributed by atoms with van der Waals surface area (Å²) in [6.45, 7) is 0.696. The van der Waals surface area contributed by atoms with Gasteiger partial charge in [0.2, 0.25) is 0 Å². The number of furan rings is 1. The molecule has 1 heterocycles. The van der Waals surface area contributed by atoms with Crippen LogP contribution in [-0.4, -0.2) is 17.8 Å². The van der Waals surface area contributed by atoms with Crippen molar-refractivity contribution in [2.75, 3.05) is 6.54 Å². The largest absolute Gasteiger partial charge is 0.463 e. The van der Waals surface area contributed by atoms with Gasteiger partial charge in [0.1, 0.15) is 11.8 Å². The first-order valence-corrected chi connectivity index (χ1v) is 7.56. The monoisotopic (exact) mass is 291 g/mol. The van der Waals surface area contributed by atoms with Gasteiger partial charge < -0.3 is 9.73 Å². The minimum absolute atomic E-state index is 0.0633. The second kappa shape index (κ2) is 5.88. The molecule has 1 fully saturated rings. The molecule has 0 bridgehead atoms. The highest BCUT2D eigenvalue weighted by atomic mass is 35.5. The van der Waals surface area contributed by atoms with Crippen molar-refractivity contribution in [3.63, 3.8) is 0 Å². The molecule has 1 saturated carbocycles. The van der Waals surface area contributed by atoms with E-state index in [9.17, 15) is 4.79 Å². The van der Waals surface area contributed by atoms with Crippen molar-refractivity contribution in [3.05, 3.63) is 36.1 Å². The van der Waals surface area contributed by atoms with Gasteiger partial charge in [-0.05, 0) is 31.2 Å². The van der Waals surface area contributed by atoms with Crippen LogP contribution in [0.4, 0.5) is 0 Å². The van der Waals surface area contributed by atoms with Crippen molar-refractivity contribution in [3.8, 4) is 0 Å². The summed E-state index contributed by atoms with van der Waals surface area (Å²) >= 11 is 6.18. The Morgan fingerprint density at radius 1 is 1.35 bits per heavy atom. The number of rotatable bonds is 3. The number of fused-ring (bicyclic) bond motifs is 1. The van der Waals surface area contributed by atoms with Crippen molar-refractivity contribution in [2.24, 2.45) is 5.92 Å². The Labute approximate surface area is 123 Å². The lowest BCUT2D eigenvalue weighted by molar-refractivity contribution is 0.0944. The number of alkyl halides is 1. The summed E-state index contributed by atoms with van der Waals surface area (Å²) < 4.78 is 5.40.